The van der Waals surface area contributed by atoms with Crippen LogP contribution in [0.5, 0.6) is 0 Å². The molecule has 3 atom stereocenters. The van der Waals surface area contributed by atoms with Gasteiger partial charge in [0, 0.05) is 17.0 Å². The lowest BCUT2D eigenvalue weighted by Crippen LogP contribution is -2.28. The van der Waals surface area contributed by atoms with Crippen LogP contribution in [-0.4, -0.2) is 11.0 Å². The van der Waals surface area contributed by atoms with Crippen LogP contribution in [0.4, 0.5) is 0 Å². The predicted octanol–water partition coefficient (Wildman–Crippen LogP) is 3.62. The van der Waals surface area contributed by atoms with Crippen molar-refractivity contribution in [1.29, 1.82) is 0 Å². The lowest BCUT2D eigenvalue weighted by atomic mass is 10.0. The van der Waals surface area contributed by atoms with Crippen LogP contribution in [0.3, 0.4) is 0 Å². The Kier molecular flexibility index (Phi) is 2.49. The van der Waals surface area contributed by atoms with Crippen molar-refractivity contribution in [2.75, 3.05) is 0 Å². The van der Waals surface area contributed by atoms with Gasteiger partial charge in [0.25, 0.3) is 0 Å². The zero-order valence-electron chi connectivity index (χ0n) is 10.2. The van der Waals surface area contributed by atoms with Gasteiger partial charge in [0.05, 0.1) is 11.7 Å². The van der Waals surface area contributed by atoms with Gasteiger partial charge < -0.3 is 5.32 Å². The standard InChI is InChI=1S/C15H16N2S/c1-2-4-10(5-3-1)13-9-18-15(17-13)14-11-6-7-12(8-11)16-14/h1-5,9,11-12,14,16H,6-8H2/t11-,12+,14-/m1/s1. The number of fused-ring (bicyclic) bond motifs is 2. The van der Waals surface area contributed by atoms with Gasteiger partial charge >= 0.3 is 0 Å². The van der Waals surface area contributed by atoms with E-state index in [2.05, 4.69) is 35.0 Å². The van der Waals surface area contributed by atoms with Gasteiger partial charge in [-0.15, -0.1) is 11.3 Å². The van der Waals surface area contributed by atoms with Crippen molar-refractivity contribution < 1.29 is 0 Å². The molecule has 1 aliphatic heterocycles. The van der Waals surface area contributed by atoms with E-state index in [1.165, 1.54) is 29.8 Å². The average Bonchev–Trinajstić information content (AvgIpc) is 3.15. The van der Waals surface area contributed by atoms with E-state index in [9.17, 15) is 0 Å². The number of thiazole rings is 1. The van der Waals surface area contributed by atoms with E-state index in [0.717, 1.165) is 17.7 Å². The first-order valence-corrected chi connectivity index (χ1v) is 7.55. The molecule has 2 nitrogen and oxygen atoms in total. The van der Waals surface area contributed by atoms with Gasteiger partial charge in [-0.2, -0.15) is 0 Å². The van der Waals surface area contributed by atoms with Crippen LogP contribution in [0.1, 0.15) is 30.3 Å². The van der Waals surface area contributed by atoms with Crippen molar-refractivity contribution in [2.24, 2.45) is 5.92 Å². The normalized spacial score (nSPS) is 29.9. The fraction of sp³-hybridized carbons (Fsp3) is 0.400. The Morgan fingerprint density at radius 1 is 1.17 bits per heavy atom. The van der Waals surface area contributed by atoms with Crippen LogP contribution < -0.4 is 5.32 Å². The molecule has 2 aromatic rings. The van der Waals surface area contributed by atoms with Crippen molar-refractivity contribution in [3.05, 3.63) is 40.7 Å². The number of nitrogens with one attached hydrogen (secondary N) is 1. The lowest BCUT2D eigenvalue weighted by Gasteiger charge is -2.20. The van der Waals surface area contributed by atoms with E-state index >= 15 is 0 Å². The van der Waals surface area contributed by atoms with Gasteiger partial charge in [-0.3, -0.25) is 0 Å². The van der Waals surface area contributed by atoms with Crippen LogP contribution in [-0.2, 0) is 0 Å². The molecule has 4 rings (SSSR count). The van der Waals surface area contributed by atoms with Gasteiger partial charge in [0.15, 0.2) is 0 Å². The summed E-state index contributed by atoms with van der Waals surface area (Å²) in [6, 6.07) is 11.7. The monoisotopic (exact) mass is 256 g/mol. The molecule has 3 heteroatoms. The van der Waals surface area contributed by atoms with Gasteiger partial charge in [0.1, 0.15) is 5.01 Å². The van der Waals surface area contributed by atoms with Gasteiger partial charge in [-0.05, 0) is 25.2 Å². The summed E-state index contributed by atoms with van der Waals surface area (Å²) in [5, 5.41) is 7.19. The highest BCUT2D eigenvalue weighted by molar-refractivity contribution is 7.10. The fourth-order valence-corrected chi connectivity index (χ4v) is 4.28. The molecule has 1 aliphatic carbocycles. The van der Waals surface area contributed by atoms with E-state index in [1.54, 1.807) is 0 Å². The second kappa shape index (κ2) is 4.18. The summed E-state index contributed by atoms with van der Waals surface area (Å²) in [6.45, 7) is 0. The molecule has 0 spiro atoms. The molecule has 1 aromatic carbocycles. The average molecular weight is 256 g/mol. The van der Waals surface area contributed by atoms with E-state index in [-0.39, 0.29) is 0 Å². The molecular weight excluding hydrogens is 240 g/mol. The molecule has 0 amide bonds. The van der Waals surface area contributed by atoms with Gasteiger partial charge in [0.2, 0.25) is 0 Å². The van der Waals surface area contributed by atoms with Crippen LogP contribution in [0.15, 0.2) is 35.7 Å². The molecule has 1 saturated heterocycles. The first-order chi connectivity index (χ1) is 8.90. The highest BCUT2D eigenvalue weighted by Crippen LogP contribution is 2.44. The number of hydrogen-bond donors (Lipinski definition) is 1. The highest BCUT2D eigenvalue weighted by Gasteiger charge is 2.41. The molecule has 0 radical (unpaired) electrons. The quantitative estimate of drug-likeness (QED) is 0.887. The van der Waals surface area contributed by atoms with Crippen molar-refractivity contribution >= 4 is 11.3 Å². The summed E-state index contributed by atoms with van der Waals surface area (Å²) in [5.41, 5.74) is 2.35. The van der Waals surface area contributed by atoms with Gasteiger partial charge in [-0.25, -0.2) is 4.98 Å². The van der Waals surface area contributed by atoms with Crippen molar-refractivity contribution in [2.45, 2.75) is 31.3 Å². The van der Waals surface area contributed by atoms with E-state index in [0.29, 0.717) is 6.04 Å². The Labute approximate surface area is 111 Å². The summed E-state index contributed by atoms with van der Waals surface area (Å²) in [4.78, 5) is 4.84. The van der Waals surface area contributed by atoms with Crippen LogP contribution >= 0.6 is 11.3 Å². The van der Waals surface area contributed by atoms with Crippen molar-refractivity contribution in [3.63, 3.8) is 0 Å². The molecule has 1 N–H and O–H groups in total. The molecule has 2 fully saturated rings. The largest absolute Gasteiger partial charge is 0.305 e. The van der Waals surface area contributed by atoms with Crippen LogP contribution in [0, 0.1) is 5.92 Å². The summed E-state index contributed by atoms with van der Waals surface area (Å²) < 4.78 is 0. The van der Waals surface area contributed by atoms with Crippen LogP contribution in [0.25, 0.3) is 11.3 Å². The Bertz CT molecular complexity index is 549. The third-order valence-electron chi connectivity index (χ3n) is 4.22. The Hall–Kier alpha value is -1.19. The fourth-order valence-electron chi connectivity index (χ4n) is 3.31. The number of piperidine rings is 1. The first-order valence-electron chi connectivity index (χ1n) is 6.67. The number of hydrogen-bond acceptors (Lipinski definition) is 3. The molecular formula is C15H16N2S. The highest BCUT2D eigenvalue weighted by atomic mass is 32.1. The number of nitrogens with zero attached hydrogens (tertiary/aromatic N) is 1. The minimum Gasteiger partial charge on any atom is -0.305 e. The molecule has 2 bridgehead atoms. The smallest absolute Gasteiger partial charge is 0.111 e. The Morgan fingerprint density at radius 2 is 2.06 bits per heavy atom. The third kappa shape index (κ3) is 1.70. The summed E-state index contributed by atoms with van der Waals surface area (Å²) in [7, 11) is 0. The van der Waals surface area contributed by atoms with Gasteiger partial charge in [-0.1, -0.05) is 30.3 Å². The SMILES string of the molecule is c1ccc(-c2csc([C@@H]3N[C@H]4CC[C@@H]3C4)n2)cc1. The second-order valence-corrected chi connectivity index (χ2v) is 6.24. The van der Waals surface area contributed by atoms with Crippen molar-refractivity contribution in [3.8, 4) is 11.3 Å². The lowest BCUT2D eigenvalue weighted by molar-refractivity contribution is 0.391. The molecule has 1 saturated carbocycles. The maximum Gasteiger partial charge on any atom is 0.111 e. The van der Waals surface area contributed by atoms with E-state index in [4.69, 9.17) is 4.98 Å². The molecule has 18 heavy (non-hydrogen) atoms. The topological polar surface area (TPSA) is 24.9 Å². The molecule has 92 valence electrons. The molecule has 0 unspecified atom stereocenters. The number of aromatic nitrogens is 1. The van der Waals surface area contributed by atoms with E-state index < -0.39 is 0 Å². The molecule has 2 aliphatic rings. The third-order valence-corrected chi connectivity index (χ3v) is 5.15. The zero-order chi connectivity index (χ0) is 11.9. The summed E-state index contributed by atoms with van der Waals surface area (Å²) in [5.74, 6) is 0.824. The summed E-state index contributed by atoms with van der Waals surface area (Å²) in [6.07, 6.45) is 4.09. The van der Waals surface area contributed by atoms with Crippen LogP contribution in [0.2, 0.25) is 0 Å². The predicted molar refractivity (Wildman–Crippen MR) is 74.6 cm³/mol. The minimum absolute atomic E-state index is 0.520. The first kappa shape index (κ1) is 10.7. The number of benzene rings is 1. The maximum atomic E-state index is 4.84. The Balaban J connectivity index is 1.63. The Morgan fingerprint density at radius 3 is 2.78 bits per heavy atom. The zero-order valence-corrected chi connectivity index (χ0v) is 11.0. The van der Waals surface area contributed by atoms with E-state index in [1.807, 2.05) is 17.4 Å². The minimum atomic E-state index is 0.520. The molecule has 1 aromatic heterocycles. The maximum absolute atomic E-state index is 4.84. The second-order valence-electron chi connectivity index (χ2n) is 5.35. The van der Waals surface area contributed by atoms with Crippen molar-refractivity contribution in [1.82, 2.24) is 10.3 Å². The summed E-state index contributed by atoms with van der Waals surface area (Å²) >= 11 is 1.81. The molecule has 2 heterocycles. The number of rotatable bonds is 2.